The van der Waals surface area contributed by atoms with Crippen molar-refractivity contribution in [1.82, 2.24) is 30.3 Å². The van der Waals surface area contributed by atoms with Crippen LogP contribution in [-0.2, 0) is 11.2 Å². The summed E-state index contributed by atoms with van der Waals surface area (Å²) in [5, 5.41) is 18.4. The lowest BCUT2D eigenvalue weighted by atomic mass is 9.97. The highest BCUT2D eigenvalue weighted by Gasteiger charge is 2.29. The number of nitrogens with one attached hydrogen (secondary N) is 2. The van der Waals surface area contributed by atoms with Crippen molar-refractivity contribution in [1.29, 1.82) is 0 Å². The van der Waals surface area contributed by atoms with Crippen LogP contribution in [0.4, 0.5) is 0 Å². The lowest BCUT2D eigenvalue weighted by Gasteiger charge is -2.38. The monoisotopic (exact) mass is 536 g/mol. The van der Waals surface area contributed by atoms with E-state index < -0.39 is 0 Å². The van der Waals surface area contributed by atoms with Crippen LogP contribution in [0.5, 0.6) is 5.75 Å². The summed E-state index contributed by atoms with van der Waals surface area (Å²) in [6.45, 7) is 8.65. The fourth-order valence-corrected chi connectivity index (χ4v) is 5.87. The molecule has 8 nitrogen and oxygen atoms in total. The van der Waals surface area contributed by atoms with Gasteiger partial charge >= 0.3 is 0 Å². The molecule has 1 aliphatic heterocycles. The van der Waals surface area contributed by atoms with E-state index in [0.717, 1.165) is 63.6 Å². The van der Waals surface area contributed by atoms with Gasteiger partial charge in [-0.15, -0.1) is 0 Å². The van der Waals surface area contributed by atoms with Crippen molar-refractivity contribution < 1.29 is 9.53 Å². The van der Waals surface area contributed by atoms with Gasteiger partial charge in [-0.2, -0.15) is 10.2 Å². The highest BCUT2D eigenvalue weighted by atomic mass is 16.5. The first-order chi connectivity index (χ1) is 19.4. The SMILES string of the molecule is CC(C)Cc1nc(-c2ccc3[nH]nc(-c4ccc5cc(OCC(=O)N6[C@H](C)CCC[C@@H]6C)ccc5c4)c3c2)n[nH]1. The Balaban J connectivity index is 1.21. The molecule has 40 heavy (non-hydrogen) atoms. The van der Waals surface area contributed by atoms with Crippen molar-refractivity contribution in [3.8, 4) is 28.4 Å². The van der Waals surface area contributed by atoms with Crippen molar-refractivity contribution in [2.75, 3.05) is 6.61 Å². The molecule has 1 amide bonds. The molecule has 0 radical (unpaired) electrons. The van der Waals surface area contributed by atoms with Crippen LogP contribution >= 0.6 is 0 Å². The smallest absolute Gasteiger partial charge is 0.260 e. The average molecular weight is 537 g/mol. The van der Waals surface area contributed by atoms with Gasteiger partial charge in [0.2, 0.25) is 0 Å². The summed E-state index contributed by atoms with van der Waals surface area (Å²) in [5.41, 5.74) is 3.81. The third kappa shape index (κ3) is 5.18. The van der Waals surface area contributed by atoms with Crippen LogP contribution in [0.15, 0.2) is 54.6 Å². The number of aromatic amines is 2. The molecule has 3 heterocycles. The van der Waals surface area contributed by atoms with Gasteiger partial charge in [0.1, 0.15) is 11.6 Å². The van der Waals surface area contributed by atoms with Gasteiger partial charge in [-0.3, -0.25) is 15.0 Å². The van der Waals surface area contributed by atoms with Crippen LogP contribution in [0.3, 0.4) is 0 Å². The van der Waals surface area contributed by atoms with E-state index in [2.05, 4.69) is 72.4 Å². The van der Waals surface area contributed by atoms with E-state index in [1.807, 2.05) is 35.2 Å². The van der Waals surface area contributed by atoms with Crippen molar-refractivity contribution in [3.05, 3.63) is 60.4 Å². The van der Waals surface area contributed by atoms with Crippen LogP contribution in [0.1, 0.15) is 52.8 Å². The molecule has 0 unspecified atom stereocenters. The molecular formula is C32H36N6O2. The van der Waals surface area contributed by atoms with Gasteiger partial charge in [0.25, 0.3) is 5.91 Å². The van der Waals surface area contributed by atoms with Crippen LogP contribution in [0.2, 0.25) is 0 Å². The van der Waals surface area contributed by atoms with E-state index >= 15 is 0 Å². The van der Waals surface area contributed by atoms with E-state index in [0.29, 0.717) is 17.5 Å². The Morgan fingerprint density at radius 1 is 0.950 bits per heavy atom. The lowest BCUT2D eigenvalue weighted by Crippen LogP contribution is -2.49. The predicted octanol–water partition coefficient (Wildman–Crippen LogP) is 6.54. The zero-order chi connectivity index (χ0) is 27.8. The number of piperidine rings is 1. The molecule has 0 spiro atoms. The van der Waals surface area contributed by atoms with Gasteiger partial charge in [0.05, 0.1) is 11.2 Å². The quantitative estimate of drug-likeness (QED) is 0.246. The van der Waals surface area contributed by atoms with Crippen LogP contribution in [-0.4, -0.2) is 54.9 Å². The first-order valence-corrected chi connectivity index (χ1v) is 14.2. The predicted molar refractivity (Wildman–Crippen MR) is 158 cm³/mol. The third-order valence-electron chi connectivity index (χ3n) is 7.88. The number of likely N-dealkylation sites (tertiary alicyclic amines) is 1. The molecule has 206 valence electrons. The number of rotatable bonds is 7. The number of hydrogen-bond acceptors (Lipinski definition) is 5. The second-order valence-corrected chi connectivity index (χ2v) is 11.5. The van der Waals surface area contributed by atoms with Crippen LogP contribution in [0, 0.1) is 5.92 Å². The molecule has 0 bridgehead atoms. The maximum absolute atomic E-state index is 12.9. The summed E-state index contributed by atoms with van der Waals surface area (Å²) >= 11 is 0. The third-order valence-corrected chi connectivity index (χ3v) is 7.88. The molecule has 6 rings (SSSR count). The van der Waals surface area contributed by atoms with Gasteiger partial charge in [-0.25, -0.2) is 4.98 Å². The standard InChI is InChI=1S/C32H36N6O2/c1-19(2)14-29-33-32(37-35-29)25-11-13-28-27(17-25)31(36-34-28)24-9-8-23-16-26(12-10-22(23)15-24)40-18-30(39)38-20(3)6-5-7-21(38)4/h8-13,15-17,19-21H,5-7,14,18H2,1-4H3,(H,34,36)(H,33,35,37)/t20-,21+. The Labute approximate surface area is 234 Å². The van der Waals surface area contributed by atoms with Crippen LogP contribution in [0.25, 0.3) is 44.3 Å². The molecule has 0 saturated carbocycles. The number of benzene rings is 3. The molecule has 2 atom stereocenters. The second kappa shape index (κ2) is 10.8. The maximum atomic E-state index is 12.9. The summed E-state index contributed by atoms with van der Waals surface area (Å²) in [4.78, 5) is 19.6. The zero-order valence-electron chi connectivity index (χ0n) is 23.6. The summed E-state index contributed by atoms with van der Waals surface area (Å²) in [6.07, 6.45) is 4.15. The van der Waals surface area contributed by atoms with E-state index in [1.54, 1.807) is 0 Å². The van der Waals surface area contributed by atoms with Gasteiger partial charge < -0.3 is 9.64 Å². The number of nitrogens with zero attached hydrogens (tertiary/aromatic N) is 4. The second-order valence-electron chi connectivity index (χ2n) is 11.5. The summed E-state index contributed by atoms with van der Waals surface area (Å²) in [6, 6.07) is 18.9. The highest BCUT2D eigenvalue weighted by molar-refractivity contribution is 5.98. The van der Waals surface area contributed by atoms with Crippen molar-refractivity contribution in [3.63, 3.8) is 0 Å². The normalized spacial score (nSPS) is 17.7. The van der Waals surface area contributed by atoms with Gasteiger partial charge in [0, 0.05) is 35.0 Å². The van der Waals surface area contributed by atoms with E-state index in [-0.39, 0.29) is 24.6 Å². The molecule has 3 aromatic carbocycles. The number of H-pyrrole nitrogens is 2. The summed E-state index contributed by atoms with van der Waals surface area (Å²) in [5.74, 6) is 2.85. The maximum Gasteiger partial charge on any atom is 0.260 e. The highest BCUT2D eigenvalue weighted by Crippen LogP contribution is 2.32. The number of aromatic nitrogens is 5. The topological polar surface area (TPSA) is 99.8 Å². The minimum Gasteiger partial charge on any atom is -0.484 e. The molecule has 0 aliphatic carbocycles. The number of hydrogen-bond donors (Lipinski definition) is 2. The molecule has 2 aromatic heterocycles. The molecule has 1 aliphatic rings. The first kappa shape index (κ1) is 26.0. The van der Waals surface area contributed by atoms with Crippen molar-refractivity contribution in [2.24, 2.45) is 5.92 Å². The van der Waals surface area contributed by atoms with Crippen molar-refractivity contribution in [2.45, 2.75) is 65.5 Å². The van der Waals surface area contributed by atoms with Crippen molar-refractivity contribution >= 4 is 27.6 Å². The van der Waals surface area contributed by atoms with E-state index in [9.17, 15) is 4.79 Å². The number of fused-ring (bicyclic) bond motifs is 2. The largest absolute Gasteiger partial charge is 0.484 e. The fourth-order valence-electron chi connectivity index (χ4n) is 5.87. The minimum absolute atomic E-state index is 0.0566. The van der Waals surface area contributed by atoms with Crippen LogP contribution < -0.4 is 4.74 Å². The number of carbonyl (C=O) groups excluding carboxylic acids is 1. The number of amides is 1. The molecule has 2 N–H and O–H groups in total. The Morgan fingerprint density at radius 3 is 2.50 bits per heavy atom. The lowest BCUT2D eigenvalue weighted by molar-refractivity contribution is -0.139. The zero-order valence-corrected chi connectivity index (χ0v) is 23.6. The van der Waals surface area contributed by atoms with E-state index in [1.165, 1.54) is 6.42 Å². The first-order valence-electron chi connectivity index (χ1n) is 14.2. The summed E-state index contributed by atoms with van der Waals surface area (Å²) in [7, 11) is 0. The summed E-state index contributed by atoms with van der Waals surface area (Å²) < 4.78 is 5.94. The Bertz CT molecular complexity index is 1660. The molecule has 1 fully saturated rings. The molecule has 8 heteroatoms. The molecule has 5 aromatic rings. The molecular weight excluding hydrogens is 500 g/mol. The fraction of sp³-hybridized carbons (Fsp3) is 0.375. The minimum atomic E-state index is 0.0566. The Hall–Kier alpha value is -4.20. The van der Waals surface area contributed by atoms with Gasteiger partial charge in [0.15, 0.2) is 12.4 Å². The van der Waals surface area contributed by atoms with Gasteiger partial charge in [-0.05, 0) is 86.2 Å². The Kier molecular flexibility index (Phi) is 7.00. The van der Waals surface area contributed by atoms with Gasteiger partial charge in [-0.1, -0.05) is 32.0 Å². The molecule has 1 saturated heterocycles. The number of carbonyl (C=O) groups is 1. The Morgan fingerprint density at radius 2 is 1.70 bits per heavy atom. The average Bonchev–Trinajstić information content (AvgIpc) is 3.58. The number of ether oxygens (including phenoxy) is 1. The van der Waals surface area contributed by atoms with E-state index in [4.69, 9.17) is 9.72 Å².